The zero-order chi connectivity index (χ0) is 9.97. The van der Waals surface area contributed by atoms with E-state index in [9.17, 15) is 0 Å². The molecule has 82 valence electrons. The number of hydrogen-bond donors (Lipinski definition) is 1. The summed E-state index contributed by atoms with van der Waals surface area (Å²) in [6, 6.07) is 0.883. The Morgan fingerprint density at radius 1 is 1.07 bits per heavy atom. The van der Waals surface area contributed by atoms with Crippen LogP contribution in [0.3, 0.4) is 0 Å². The number of nitrogens with one attached hydrogen (secondary N) is 1. The van der Waals surface area contributed by atoms with Gasteiger partial charge in [-0.05, 0) is 31.1 Å². The molecular formula is C12H24N2. The molecule has 2 aliphatic rings. The van der Waals surface area contributed by atoms with Crippen LogP contribution in [0, 0.1) is 11.8 Å². The van der Waals surface area contributed by atoms with Gasteiger partial charge in [0.25, 0.3) is 0 Å². The molecule has 0 aromatic heterocycles. The third-order valence-corrected chi connectivity index (χ3v) is 4.01. The lowest BCUT2D eigenvalue weighted by molar-refractivity contribution is 0.0825. The topological polar surface area (TPSA) is 15.3 Å². The van der Waals surface area contributed by atoms with Crippen LogP contribution in [0.15, 0.2) is 0 Å². The van der Waals surface area contributed by atoms with E-state index in [2.05, 4.69) is 24.1 Å². The average Bonchev–Trinajstić information content (AvgIpc) is 2.19. The highest BCUT2D eigenvalue weighted by Crippen LogP contribution is 2.31. The molecule has 1 aliphatic heterocycles. The quantitative estimate of drug-likeness (QED) is 0.687. The van der Waals surface area contributed by atoms with E-state index in [1.807, 2.05) is 0 Å². The molecule has 14 heavy (non-hydrogen) atoms. The molecule has 0 bridgehead atoms. The molecule has 0 aromatic carbocycles. The number of rotatable bonds is 1. The van der Waals surface area contributed by atoms with Crippen molar-refractivity contribution < 1.29 is 0 Å². The Balaban J connectivity index is 1.89. The van der Waals surface area contributed by atoms with Gasteiger partial charge in [-0.3, -0.25) is 4.90 Å². The van der Waals surface area contributed by atoms with Crippen molar-refractivity contribution in [3.63, 3.8) is 0 Å². The first kappa shape index (κ1) is 10.4. The first-order valence-electron chi connectivity index (χ1n) is 6.22. The van der Waals surface area contributed by atoms with Crippen molar-refractivity contribution >= 4 is 0 Å². The van der Waals surface area contributed by atoms with E-state index < -0.39 is 0 Å². The summed E-state index contributed by atoms with van der Waals surface area (Å²) in [5.74, 6) is 1.88. The molecule has 1 saturated heterocycles. The fourth-order valence-electron chi connectivity index (χ4n) is 3.21. The van der Waals surface area contributed by atoms with Crippen molar-refractivity contribution in [1.82, 2.24) is 10.2 Å². The molecule has 0 spiro atoms. The summed E-state index contributed by atoms with van der Waals surface area (Å²) in [7, 11) is 0. The monoisotopic (exact) mass is 196 g/mol. The lowest BCUT2D eigenvalue weighted by Crippen LogP contribution is -2.51. The van der Waals surface area contributed by atoms with Crippen LogP contribution in [0.25, 0.3) is 0 Å². The fraction of sp³-hybridized carbons (Fsp3) is 1.00. The van der Waals surface area contributed by atoms with Gasteiger partial charge < -0.3 is 5.32 Å². The van der Waals surface area contributed by atoms with Gasteiger partial charge in [-0.25, -0.2) is 0 Å². The van der Waals surface area contributed by atoms with Crippen molar-refractivity contribution in [2.24, 2.45) is 11.8 Å². The number of nitrogens with zero attached hydrogens (tertiary/aromatic N) is 1. The van der Waals surface area contributed by atoms with E-state index in [1.54, 1.807) is 0 Å². The molecular weight excluding hydrogens is 172 g/mol. The Bertz CT molecular complexity index is 175. The van der Waals surface area contributed by atoms with E-state index in [4.69, 9.17) is 0 Å². The van der Waals surface area contributed by atoms with Crippen molar-refractivity contribution in [1.29, 1.82) is 0 Å². The maximum atomic E-state index is 3.44. The summed E-state index contributed by atoms with van der Waals surface area (Å²) in [5.41, 5.74) is 0. The molecule has 0 amide bonds. The Hall–Kier alpha value is -0.0800. The first-order valence-corrected chi connectivity index (χ1v) is 6.22. The van der Waals surface area contributed by atoms with Gasteiger partial charge in [-0.1, -0.05) is 13.8 Å². The summed E-state index contributed by atoms with van der Waals surface area (Å²) in [4.78, 5) is 2.72. The van der Waals surface area contributed by atoms with Crippen LogP contribution >= 0.6 is 0 Å². The lowest BCUT2D eigenvalue weighted by Gasteiger charge is -2.42. The van der Waals surface area contributed by atoms with Crippen molar-refractivity contribution in [3.05, 3.63) is 0 Å². The van der Waals surface area contributed by atoms with Crippen LogP contribution in [-0.2, 0) is 0 Å². The van der Waals surface area contributed by atoms with Gasteiger partial charge in [0.05, 0.1) is 0 Å². The maximum Gasteiger partial charge on any atom is 0.0122 e. The standard InChI is InChI=1S/C12H24N2/c1-10-3-4-12(11(2)9-10)14-7-5-13-6-8-14/h10-13H,3-9H2,1-2H3. The molecule has 2 rings (SSSR count). The highest BCUT2D eigenvalue weighted by molar-refractivity contribution is 4.85. The minimum Gasteiger partial charge on any atom is -0.314 e. The highest BCUT2D eigenvalue weighted by Gasteiger charge is 2.30. The van der Waals surface area contributed by atoms with E-state index in [-0.39, 0.29) is 0 Å². The molecule has 1 saturated carbocycles. The summed E-state index contributed by atoms with van der Waals surface area (Å²) in [5, 5.41) is 3.44. The molecule has 0 radical (unpaired) electrons. The van der Waals surface area contributed by atoms with Crippen molar-refractivity contribution in [2.75, 3.05) is 26.2 Å². The number of piperazine rings is 1. The SMILES string of the molecule is CC1CCC(N2CCNCC2)C(C)C1. The molecule has 1 aliphatic carbocycles. The normalized spacial score (nSPS) is 41.1. The number of hydrogen-bond acceptors (Lipinski definition) is 2. The van der Waals surface area contributed by atoms with Crippen LogP contribution in [0.5, 0.6) is 0 Å². The third kappa shape index (κ3) is 2.29. The second-order valence-corrected chi connectivity index (χ2v) is 5.25. The van der Waals surface area contributed by atoms with E-state index in [1.165, 1.54) is 45.4 Å². The molecule has 3 atom stereocenters. The first-order chi connectivity index (χ1) is 6.77. The van der Waals surface area contributed by atoms with Gasteiger partial charge >= 0.3 is 0 Å². The fourth-order valence-corrected chi connectivity index (χ4v) is 3.21. The summed E-state index contributed by atoms with van der Waals surface area (Å²) >= 11 is 0. The van der Waals surface area contributed by atoms with E-state index in [0.717, 1.165) is 17.9 Å². The van der Waals surface area contributed by atoms with Gasteiger partial charge in [0, 0.05) is 32.2 Å². The molecule has 3 unspecified atom stereocenters. The van der Waals surface area contributed by atoms with Crippen LogP contribution in [0.2, 0.25) is 0 Å². The van der Waals surface area contributed by atoms with E-state index in [0.29, 0.717) is 0 Å². The second kappa shape index (κ2) is 4.63. The third-order valence-electron chi connectivity index (χ3n) is 4.01. The predicted molar refractivity (Wildman–Crippen MR) is 60.4 cm³/mol. The minimum absolute atomic E-state index is 0.883. The van der Waals surface area contributed by atoms with Gasteiger partial charge in [0.15, 0.2) is 0 Å². The molecule has 1 N–H and O–H groups in total. The molecule has 2 fully saturated rings. The molecule has 1 heterocycles. The Kier molecular flexibility index (Phi) is 3.45. The van der Waals surface area contributed by atoms with Crippen LogP contribution < -0.4 is 5.32 Å². The zero-order valence-corrected chi connectivity index (χ0v) is 9.63. The van der Waals surface area contributed by atoms with Crippen molar-refractivity contribution in [2.45, 2.75) is 39.2 Å². The predicted octanol–water partition coefficient (Wildman–Crippen LogP) is 1.72. The summed E-state index contributed by atoms with van der Waals surface area (Å²) in [6.07, 6.45) is 4.32. The largest absolute Gasteiger partial charge is 0.314 e. The van der Waals surface area contributed by atoms with Gasteiger partial charge in [0.2, 0.25) is 0 Å². The highest BCUT2D eigenvalue weighted by atomic mass is 15.2. The Labute approximate surface area is 88.1 Å². The van der Waals surface area contributed by atoms with Crippen LogP contribution in [0.1, 0.15) is 33.1 Å². The van der Waals surface area contributed by atoms with Crippen molar-refractivity contribution in [3.8, 4) is 0 Å². The molecule has 0 aromatic rings. The Morgan fingerprint density at radius 3 is 2.43 bits per heavy atom. The average molecular weight is 196 g/mol. The smallest absolute Gasteiger partial charge is 0.0122 e. The lowest BCUT2D eigenvalue weighted by atomic mass is 9.79. The van der Waals surface area contributed by atoms with E-state index >= 15 is 0 Å². The second-order valence-electron chi connectivity index (χ2n) is 5.25. The molecule has 2 heteroatoms. The summed E-state index contributed by atoms with van der Waals surface area (Å²) < 4.78 is 0. The Morgan fingerprint density at radius 2 is 1.79 bits per heavy atom. The summed E-state index contributed by atoms with van der Waals surface area (Å²) in [6.45, 7) is 9.77. The van der Waals surface area contributed by atoms with Gasteiger partial charge in [-0.15, -0.1) is 0 Å². The van der Waals surface area contributed by atoms with Crippen LogP contribution in [-0.4, -0.2) is 37.1 Å². The molecule has 2 nitrogen and oxygen atoms in total. The van der Waals surface area contributed by atoms with Gasteiger partial charge in [0.1, 0.15) is 0 Å². The minimum atomic E-state index is 0.883. The van der Waals surface area contributed by atoms with Crippen LogP contribution in [0.4, 0.5) is 0 Å². The zero-order valence-electron chi connectivity index (χ0n) is 9.63. The van der Waals surface area contributed by atoms with Gasteiger partial charge in [-0.2, -0.15) is 0 Å². The maximum absolute atomic E-state index is 3.44.